The summed E-state index contributed by atoms with van der Waals surface area (Å²) in [4.78, 5) is 43.0. The summed E-state index contributed by atoms with van der Waals surface area (Å²) in [6.07, 6.45) is 2.80. The minimum Gasteiger partial charge on any atom is -0.348 e. The number of nitrogens with zero attached hydrogens (tertiary/aromatic N) is 3. The van der Waals surface area contributed by atoms with E-state index in [0.29, 0.717) is 18.7 Å². The Morgan fingerprint density at radius 2 is 1.79 bits per heavy atom. The molecule has 0 aliphatic carbocycles. The minimum absolute atomic E-state index is 0.0720. The van der Waals surface area contributed by atoms with Crippen LogP contribution in [0.5, 0.6) is 0 Å². The van der Waals surface area contributed by atoms with E-state index in [4.69, 9.17) is 0 Å². The maximum Gasteiger partial charge on any atom is 0.254 e. The Labute approximate surface area is 166 Å². The van der Waals surface area contributed by atoms with Crippen molar-refractivity contribution in [2.24, 2.45) is 0 Å². The van der Waals surface area contributed by atoms with Gasteiger partial charge < -0.3 is 20.0 Å². The van der Waals surface area contributed by atoms with Gasteiger partial charge >= 0.3 is 0 Å². The summed E-state index contributed by atoms with van der Waals surface area (Å²) >= 11 is 0. The first-order valence-electron chi connectivity index (χ1n) is 9.77. The van der Waals surface area contributed by atoms with E-state index in [1.165, 1.54) is 6.08 Å². The molecular formula is C21H28N4O3. The number of nitrogens with one attached hydrogen (secondary N) is 1. The van der Waals surface area contributed by atoms with E-state index in [-0.39, 0.29) is 23.8 Å². The van der Waals surface area contributed by atoms with E-state index in [9.17, 15) is 14.4 Å². The van der Waals surface area contributed by atoms with Crippen LogP contribution in [0.4, 0.5) is 0 Å². The van der Waals surface area contributed by atoms with E-state index >= 15 is 0 Å². The number of hydrogen-bond acceptors (Lipinski definition) is 4. The Hall–Kier alpha value is -2.67. The molecule has 28 heavy (non-hydrogen) atoms. The SMILES string of the molecule is C=CC(=O)NCc1ccc(C(=O)N2CCCC2C(=O)N2CCN(C)CC2)cc1. The number of likely N-dealkylation sites (tertiary alicyclic amines) is 1. The molecule has 0 saturated carbocycles. The van der Waals surface area contributed by atoms with Gasteiger partial charge in [-0.2, -0.15) is 0 Å². The average Bonchev–Trinajstić information content (AvgIpc) is 3.21. The maximum absolute atomic E-state index is 13.0. The lowest BCUT2D eigenvalue weighted by atomic mass is 10.1. The summed E-state index contributed by atoms with van der Waals surface area (Å²) in [5.41, 5.74) is 1.47. The van der Waals surface area contributed by atoms with Crippen molar-refractivity contribution in [3.05, 3.63) is 48.0 Å². The van der Waals surface area contributed by atoms with Crippen molar-refractivity contribution in [3.63, 3.8) is 0 Å². The predicted octanol–water partition coefficient (Wildman–Crippen LogP) is 0.867. The third kappa shape index (κ3) is 4.59. The lowest BCUT2D eigenvalue weighted by molar-refractivity contribution is -0.136. The van der Waals surface area contributed by atoms with E-state index in [1.54, 1.807) is 17.0 Å². The number of hydrogen-bond donors (Lipinski definition) is 1. The number of likely N-dealkylation sites (N-methyl/N-ethyl adjacent to an activating group) is 1. The molecule has 7 nitrogen and oxygen atoms in total. The van der Waals surface area contributed by atoms with Crippen LogP contribution in [0.15, 0.2) is 36.9 Å². The molecule has 0 aromatic heterocycles. The molecule has 1 unspecified atom stereocenters. The monoisotopic (exact) mass is 384 g/mol. The summed E-state index contributed by atoms with van der Waals surface area (Å²) in [7, 11) is 2.06. The van der Waals surface area contributed by atoms with Crippen LogP contribution >= 0.6 is 0 Å². The lowest BCUT2D eigenvalue weighted by Crippen LogP contribution is -2.53. The quantitative estimate of drug-likeness (QED) is 0.765. The highest BCUT2D eigenvalue weighted by Gasteiger charge is 2.37. The first-order valence-corrected chi connectivity index (χ1v) is 9.77. The lowest BCUT2D eigenvalue weighted by Gasteiger charge is -2.35. The smallest absolute Gasteiger partial charge is 0.254 e. The molecule has 0 bridgehead atoms. The molecule has 7 heteroatoms. The van der Waals surface area contributed by atoms with Crippen molar-refractivity contribution in [1.82, 2.24) is 20.0 Å². The standard InChI is InChI=1S/C21H28N4O3/c1-3-19(26)22-15-16-6-8-17(9-7-16)20(27)25-10-4-5-18(25)21(28)24-13-11-23(2)12-14-24/h3,6-9,18H,1,4-5,10-15H2,2H3,(H,22,26). The van der Waals surface area contributed by atoms with Crippen LogP contribution in [0.2, 0.25) is 0 Å². The Morgan fingerprint density at radius 1 is 1.11 bits per heavy atom. The van der Waals surface area contributed by atoms with Gasteiger partial charge in [-0.1, -0.05) is 18.7 Å². The Kier molecular flexibility index (Phi) is 6.46. The molecule has 2 aliphatic rings. The van der Waals surface area contributed by atoms with Crippen LogP contribution in [0, 0.1) is 0 Å². The van der Waals surface area contributed by atoms with E-state index in [2.05, 4.69) is 23.8 Å². The Bertz CT molecular complexity index is 739. The van der Waals surface area contributed by atoms with Crippen molar-refractivity contribution in [2.75, 3.05) is 39.8 Å². The minimum atomic E-state index is -0.359. The number of amides is 3. The van der Waals surface area contributed by atoms with Gasteiger partial charge in [-0.3, -0.25) is 14.4 Å². The van der Waals surface area contributed by atoms with Crippen LogP contribution in [-0.2, 0) is 16.1 Å². The highest BCUT2D eigenvalue weighted by Crippen LogP contribution is 2.23. The van der Waals surface area contributed by atoms with Crippen LogP contribution in [0.1, 0.15) is 28.8 Å². The first kappa shape index (κ1) is 20.1. The average molecular weight is 384 g/mol. The molecule has 2 fully saturated rings. The summed E-state index contributed by atoms with van der Waals surface area (Å²) in [5, 5.41) is 2.71. The van der Waals surface area contributed by atoms with Crippen molar-refractivity contribution in [3.8, 4) is 0 Å². The molecule has 1 aromatic carbocycles. The summed E-state index contributed by atoms with van der Waals surface area (Å²) < 4.78 is 0. The molecule has 0 spiro atoms. The molecule has 3 amide bonds. The second kappa shape index (κ2) is 9.01. The van der Waals surface area contributed by atoms with Gasteiger partial charge in [-0.25, -0.2) is 0 Å². The molecule has 1 N–H and O–H groups in total. The summed E-state index contributed by atoms with van der Waals surface area (Å²) in [6, 6.07) is 6.80. The third-order valence-corrected chi connectivity index (χ3v) is 5.47. The molecular weight excluding hydrogens is 356 g/mol. The van der Waals surface area contributed by atoms with Gasteiger partial charge in [0.1, 0.15) is 6.04 Å². The highest BCUT2D eigenvalue weighted by molar-refractivity contribution is 5.98. The number of piperazine rings is 1. The summed E-state index contributed by atoms with van der Waals surface area (Å²) in [5.74, 6) is -0.267. The topological polar surface area (TPSA) is 73.0 Å². The van der Waals surface area contributed by atoms with Gasteiger partial charge in [0.25, 0.3) is 5.91 Å². The van der Waals surface area contributed by atoms with Crippen LogP contribution in [0.3, 0.4) is 0 Å². The molecule has 2 aliphatic heterocycles. The fourth-order valence-electron chi connectivity index (χ4n) is 3.70. The van der Waals surface area contributed by atoms with Crippen molar-refractivity contribution in [2.45, 2.75) is 25.4 Å². The second-order valence-electron chi connectivity index (χ2n) is 7.40. The predicted molar refractivity (Wildman–Crippen MR) is 107 cm³/mol. The van der Waals surface area contributed by atoms with Gasteiger partial charge in [0.15, 0.2) is 0 Å². The van der Waals surface area contributed by atoms with Crippen LogP contribution in [-0.4, -0.2) is 78.2 Å². The zero-order valence-corrected chi connectivity index (χ0v) is 16.4. The van der Waals surface area contributed by atoms with Gasteiger partial charge in [-0.15, -0.1) is 0 Å². The van der Waals surface area contributed by atoms with Crippen molar-refractivity contribution in [1.29, 1.82) is 0 Å². The molecule has 2 heterocycles. The normalized spacial score (nSPS) is 20.1. The molecule has 1 aromatic rings. The zero-order chi connectivity index (χ0) is 20.1. The molecule has 150 valence electrons. The highest BCUT2D eigenvalue weighted by atomic mass is 16.2. The molecule has 2 saturated heterocycles. The number of rotatable bonds is 5. The Balaban J connectivity index is 1.63. The molecule has 1 atom stereocenters. The number of carbonyl (C=O) groups excluding carboxylic acids is 3. The van der Waals surface area contributed by atoms with Crippen molar-refractivity contribution < 1.29 is 14.4 Å². The first-order chi connectivity index (χ1) is 13.5. The van der Waals surface area contributed by atoms with Crippen LogP contribution in [0.25, 0.3) is 0 Å². The third-order valence-electron chi connectivity index (χ3n) is 5.47. The fourth-order valence-corrected chi connectivity index (χ4v) is 3.70. The molecule has 3 rings (SSSR count). The van der Waals surface area contributed by atoms with E-state index < -0.39 is 0 Å². The van der Waals surface area contributed by atoms with Gasteiger partial charge in [0, 0.05) is 44.8 Å². The Morgan fingerprint density at radius 3 is 2.43 bits per heavy atom. The second-order valence-corrected chi connectivity index (χ2v) is 7.40. The molecule has 0 radical (unpaired) electrons. The van der Waals surface area contributed by atoms with Crippen LogP contribution < -0.4 is 5.32 Å². The largest absolute Gasteiger partial charge is 0.348 e. The van der Waals surface area contributed by atoms with E-state index in [0.717, 1.165) is 44.6 Å². The van der Waals surface area contributed by atoms with E-state index in [1.807, 2.05) is 17.0 Å². The van der Waals surface area contributed by atoms with Crippen molar-refractivity contribution >= 4 is 17.7 Å². The van der Waals surface area contributed by atoms with Gasteiger partial charge in [0.2, 0.25) is 11.8 Å². The number of carbonyl (C=O) groups is 3. The zero-order valence-electron chi connectivity index (χ0n) is 16.4. The van der Waals surface area contributed by atoms with Gasteiger partial charge in [-0.05, 0) is 43.7 Å². The summed E-state index contributed by atoms with van der Waals surface area (Å²) in [6.45, 7) is 7.60. The number of benzene rings is 1. The maximum atomic E-state index is 13.0. The fraction of sp³-hybridized carbons (Fsp3) is 0.476. The van der Waals surface area contributed by atoms with Gasteiger partial charge in [0.05, 0.1) is 0 Å².